The zero-order chi connectivity index (χ0) is 13.2. The average Bonchev–Trinajstić information content (AvgIpc) is 3.00. The highest BCUT2D eigenvalue weighted by Gasteiger charge is 2.43. The van der Waals surface area contributed by atoms with E-state index in [1.165, 1.54) is 5.56 Å². The predicted molar refractivity (Wildman–Crippen MR) is 73.2 cm³/mol. The van der Waals surface area contributed by atoms with Crippen LogP contribution in [0.4, 0.5) is 0 Å². The first kappa shape index (κ1) is 12.7. The summed E-state index contributed by atoms with van der Waals surface area (Å²) in [5, 5.41) is 19.1. The van der Waals surface area contributed by atoms with Gasteiger partial charge in [0.2, 0.25) is 0 Å². The number of nitrogens with zero attached hydrogens (tertiary/aromatic N) is 2. The molecule has 1 aromatic carbocycles. The maximum atomic E-state index is 10.0. The SMILES string of the molecule is N#CCC(c1ccccc1)N1CC2CCC(O)C2C1. The Morgan fingerprint density at radius 2 is 2.05 bits per heavy atom. The van der Waals surface area contributed by atoms with Crippen molar-refractivity contribution in [2.75, 3.05) is 13.1 Å². The molecule has 0 amide bonds. The first-order valence-corrected chi connectivity index (χ1v) is 7.13. The molecule has 3 rings (SSSR count). The smallest absolute Gasteiger partial charge is 0.0641 e. The van der Waals surface area contributed by atoms with Gasteiger partial charge >= 0.3 is 0 Å². The lowest BCUT2D eigenvalue weighted by Crippen LogP contribution is -2.29. The summed E-state index contributed by atoms with van der Waals surface area (Å²) in [6.07, 6.45) is 2.49. The summed E-state index contributed by atoms with van der Waals surface area (Å²) in [6, 6.07) is 12.8. The third-order valence-corrected chi connectivity index (χ3v) is 4.76. The van der Waals surface area contributed by atoms with Crippen LogP contribution in [0.1, 0.15) is 30.9 Å². The second kappa shape index (κ2) is 5.32. The minimum atomic E-state index is -0.131. The number of nitriles is 1. The van der Waals surface area contributed by atoms with Gasteiger partial charge in [-0.15, -0.1) is 0 Å². The topological polar surface area (TPSA) is 47.3 Å². The molecule has 2 aliphatic rings. The van der Waals surface area contributed by atoms with E-state index < -0.39 is 0 Å². The Morgan fingerprint density at radius 1 is 1.26 bits per heavy atom. The molecule has 100 valence electrons. The zero-order valence-electron chi connectivity index (χ0n) is 11.1. The Labute approximate surface area is 114 Å². The number of fused-ring (bicyclic) bond motifs is 1. The fourth-order valence-electron chi connectivity index (χ4n) is 3.75. The van der Waals surface area contributed by atoms with Crippen molar-refractivity contribution in [1.82, 2.24) is 4.90 Å². The molecule has 1 aliphatic carbocycles. The minimum absolute atomic E-state index is 0.131. The molecule has 3 heteroatoms. The third-order valence-electron chi connectivity index (χ3n) is 4.76. The molecule has 1 saturated carbocycles. The Balaban J connectivity index is 1.78. The van der Waals surface area contributed by atoms with Gasteiger partial charge in [-0.05, 0) is 24.3 Å². The molecule has 4 atom stereocenters. The minimum Gasteiger partial charge on any atom is -0.393 e. The fourth-order valence-corrected chi connectivity index (χ4v) is 3.75. The van der Waals surface area contributed by atoms with E-state index in [0.717, 1.165) is 25.9 Å². The monoisotopic (exact) mass is 256 g/mol. The Morgan fingerprint density at radius 3 is 2.74 bits per heavy atom. The van der Waals surface area contributed by atoms with Gasteiger partial charge in [0.25, 0.3) is 0 Å². The van der Waals surface area contributed by atoms with Crippen molar-refractivity contribution in [1.29, 1.82) is 5.26 Å². The van der Waals surface area contributed by atoms with Crippen molar-refractivity contribution in [3.8, 4) is 6.07 Å². The lowest BCUT2D eigenvalue weighted by Gasteiger charge is -2.27. The van der Waals surface area contributed by atoms with E-state index in [1.807, 2.05) is 18.2 Å². The average molecular weight is 256 g/mol. The van der Waals surface area contributed by atoms with Crippen LogP contribution in [0.3, 0.4) is 0 Å². The highest BCUT2D eigenvalue weighted by atomic mass is 16.3. The Bertz CT molecular complexity index is 467. The molecule has 1 saturated heterocycles. The predicted octanol–water partition coefficient (Wildman–Crippen LogP) is 2.34. The molecule has 1 aliphatic heterocycles. The van der Waals surface area contributed by atoms with Gasteiger partial charge in [-0.3, -0.25) is 4.90 Å². The number of benzene rings is 1. The second-order valence-corrected chi connectivity index (χ2v) is 5.81. The van der Waals surface area contributed by atoms with Crippen LogP contribution in [0.15, 0.2) is 30.3 Å². The molecule has 3 nitrogen and oxygen atoms in total. The van der Waals surface area contributed by atoms with E-state index in [0.29, 0.717) is 18.3 Å². The maximum Gasteiger partial charge on any atom is 0.0641 e. The van der Waals surface area contributed by atoms with E-state index in [2.05, 4.69) is 23.1 Å². The normalized spacial score (nSPS) is 31.9. The summed E-state index contributed by atoms with van der Waals surface area (Å²) in [7, 11) is 0. The van der Waals surface area contributed by atoms with Gasteiger partial charge in [-0.25, -0.2) is 0 Å². The third kappa shape index (κ3) is 2.39. The summed E-state index contributed by atoms with van der Waals surface area (Å²) < 4.78 is 0. The highest BCUT2D eigenvalue weighted by molar-refractivity contribution is 5.21. The molecule has 0 spiro atoms. The van der Waals surface area contributed by atoms with Crippen LogP contribution >= 0.6 is 0 Å². The number of rotatable bonds is 3. The molecular formula is C16H20N2O. The van der Waals surface area contributed by atoms with Crippen molar-refractivity contribution in [2.45, 2.75) is 31.4 Å². The summed E-state index contributed by atoms with van der Waals surface area (Å²) >= 11 is 0. The molecule has 0 aromatic heterocycles. The first-order chi connectivity index (χ1) is 9.29. The van der Waals surface area contributed by atoms with Crippen molar-refractivity contribution in [3.05, 3.63) is 35.9 Å². The molecular weight excluding hydrogens is 236 g/mol. The largest absolute Gasteiger partial charge is 0.393 e. The molecule has 1 N–H and O–H groups in total. The first-order valence-electron chi connectivity index (χ1n) is 7.13. The van der Waals surface area contributed by atoms with Gasteiger partial charge in [-0.1, -0.05) is 30.3 Å². The van der Waals surface area contributed by atoms with Crippen molar-refractivity contribution in [2.24, 2.45) is 11.8 Å². The molecule has 0 bridgehead atoms. The molecule has 1 aromatic rings. The summed E-state index contributed by atoms with van der Waals surface area (Å²) in [4.78, 5) is 2.40. The van der Waals surface area contributed by atoms with E-state index >= 15 is 0 Å². The van der Waals surface area contributed by atoms with Crippen molar-refractivity contribution < 1.29 is 5.11 Å². The number of aliphatic hydroxyl groups excluding tert-OH is 1. The standard InChI is InChI=1S/C16H20N2O/c17-9-8-15(12-4-2-1-3-5-12)18-10-13-6-7-16(19)14(13)11-18/h1-5,13-16,19H,6-8,10-11H2. The summed E-state index contributed by atoms with van der Waals surface area (Å²) in [5.74, 6) is 1.05. The fraction of sp³-hybridized carbons (Fsp3) is 0.562. The maximum absolute atomic E-state index is 10.0. The summed E-state index contributed by atoms with van der Waals surface area (Å²) in [6.45, 7) is 1.97. The lowest BCUT2D eigenvalue weighted by molar-refractivity contribution is 0.118. The Hall–Kier alpha value is -1.37. The number of hydrogen-bond acceptors (Lipinski definition) is 3. The van der Waals surface area contributed by atoms with Crippen LogP contribution in [0.5, 0.6) is 0 Å². The van der Waals surface area contributed by atoms with Crippen molar-refractivity contribution in [3.63, 3.8) is 0 Å². The number of aliphatic hydroxyl groups is 1. The van der Waals surface area contributed by atoms with Crippen LogP contribution in [0.25, 0.3) is 0 Å². The van der Waals surface area contributed by atoms with Crippen molar-refractivity contribution >= 4 is 0 Å². The highest BCUT2D eigenvalue weighted by Crippen LogP contribution is 2.41. The van der Waals surface area contributed by atoms with Crippen LogP contribution in [-0.4, -0.2) is 29.2 Å². The Kier molecular flexibility index (Phi) is 3.54. The molecule has 19 heavy (non-hydrogen) atoms. The van der Waals surface area contributed by atoms with E-state index in [9.17, 15) is 5.11 Å². The second-order valence-electron chi connectivity index (χ2n) is 5.81. The number of likely N-dealkylation sites (tertiary alicyclic amines) is 1. The van der Waals surface area contributed by atoms with Gasteiger partial charge < -0.3 is 5.11 Å². The van der Waals surface area contributed by atoms with Gasteiger partial charge in [0.1, 0.15) is 0 Å². The molecule has 0 radical (unpaired) electrons. The molecule has 1 heterocycles. The van der Waals surface area contributed by atoms with Crippen LogP contribution in [0, 0.1) is 23.2 Å². The van der Waals surface area contributed by atoms with Gasteiger partial charge in [0.15, 0.2) is 0 Å². The molecule has 4 unspecified atom stereocenters. The number of hydrogen-bond donors (Lipinski definition) is 1. The van der Waals surface area contributed by atoms with E-state index in [4.69, 9.17) is 5.26 Å². The zero-order valence-corrected chi connectivity index (χ0v) is 11.1. The van der Waals surface area contributed by atoms with E-state index in [1.54, 1.807) is 0 Å². The quantitative estimate of drug-likeness (QED) is 0.903. The summed E-state index contributed by atoms with van der Waals surface area (Å²) in [5.41, 5.74) is 1.22. The van der Waals surface area contributed by atoms with Gasteiger partial charge in [-0.2, -0.15) is 5.26 Å². The van der Waals surface area contributed by atoms with Crippen LogP contribution in [0.2, 0.25) is 0 Å². The van der Waals surface area contributed by atoms with Gasteiger partial charge in [0.05, 0.1) is 18.6 Å². The van der Waals surface area contributed by atoms with E-state index in [-0.39, 0.29) is 12.1 Å². The van der Waals surface area contributed by atoms with Crippen LogP contribution in [-0.2, 0) is 0 Å². The van der Waals surface area contributed by atoms with Crippen LogP contribution < -0.4 is 0 Å². The molecule has 2 fully saturated rings. The van der Waals surface area contributed by atoms with Gasteiger partial charge in [0, 0.05) is 25.0 Å². The lowest BCUT2D eigenvalue weighted by atomic mass is 9.99.